The highest BCUT2D eigenvalue weighted by atomic mass is 32.1. The topological polar surface area (TPSA) is 54.3 Å². The molecule has 0 atom stereocenters. The third-order valence-corrected chi connectivity index (χ3v) is 5.87. The SMILES string of the molecule is Cc1ccc(N2C(=O)/C(=C/c3cc(C)n(C4CC4)c3C)C(=O)NC2=S)cc1C. The van der Waals surface area contributed by atoms with E-state index in [4.69, 9.17) is 12.2 Å². The average Bonchev–Trinajstić information content (AvgIpc) is 3.41. The molecule has 1 saturated carbocycles. The number of rotatable bonds is 3. The van der Waals surface area contributed by atoms with Crippen molar-refractivity contribution >= 4 is 40.9 Å². The van der Waals surface area contributed by atoms with Gasteiger partial charge < -0.3 is 4.57 Å². The minimum Gasteiger partial charge on any atom is -0.346 e. The van der Waals surface area contributed by atoms with Crippen LogP contribution in [0.5, 0.6) is 0 Å². The minimum atomic E-state index is -0.452. The van der Waals surface area contributed by atoms with Gasteiger partial charge in [-0.2, -0.15) is 0 Å². The van der Waals surface area contributed by atoms with Crippen LogP contribution >= 0.6 is 12.2 Å². The number of benzene rings is 1. The van der Waals surface area contributed by atoms with E-state index >= 15 is 0 Å². The minimum absolute atomic E-state index is 0.0999. The summed E-state index contributed by atoms with van der Waals surface area (Å²) in [5.74, 6) is -0.848. The summed E-state index contributed by atoms with van der Waals surface area (Å²) >= 11 is 5.29. The lowest BCUT2D eigenvalue weighted by atomic mass is 10.1. The maximum absolute atomic E-state index is 13.2. The maximum atomic E-state index is 13.2. The zero-order valence-corrected chi connectivity index (χ0v) is 17.3. The van der Waals surface area contributed by atoms with Crippen molar-refractivity contribution in [2.24, 2.45) is 0 Å². The fraction of sp³-hybridized carbons (Fsp3) is 0.318. The van der Waals surface area contributed by atoms with Gasteiger partial charge in [-0.1, -0.05) is 6.07 Å². The molecule has 2 aromatic rings. The van der Waals surface area contributed by atoms with Crippen LogP contribution in [0.1, 0.15) is 47.0 Å². The molecule has 1 saturated heterocycles. The largest absolute Gasteiger partial charge is 0.346 e. The zero-order valence-electron chi connectivity index (χ0n) is 16.5. The summed E-state index contributed by atoms with van der Waals surface area (Å²) < 4.78 is 2.29. The molecule has 2 fully saturated rings. The third kappa shape index (κ3) is 3.07. The summed E-state index contributed by atoms with van der Waals surface area (Å²) in [6, 6.07) is 8.29. The van der Waals surface area contributed by atoms with Gasteiger partial charge in [0.25, 0.3) is 11.8 Å². The van der Waals surface area contributed by atoms with Crippen LogP contribution in [-0.4, -0.2) is 21.5 Å². The summed E-state index contributed by atoms with van der Waals surface area (Å²) in [4.78, 5) is 27.1. The third-order valence-electron chi connectivity index (χ3n) is 5.59. The quantitative estimate of drug-likeness (QED) is 0.489. The van der Waals surface area contributed by atoms with Crippen LogP contribution in [0.4, 0.5) is 5.69 Å². The highest BCUT2D eigenvalue weighted by Gasteiger charge is 2.35. The summed E-state index contributed by atoms with van der Waals surface area (Å²) in [6.45, 7) is 8.10. The molecule has 1 N–H and O–H groups in total. The predicted molar refractivity (Wildman–Crippen MR) is 114 cm³/mol. The van der Waals surface area contributed by atoms with Gasteiger partial charge in [0.1, 0.15) is 5.57 Å². The van der Waals surface area contributed by atoms with Crippen molar-refractivity contribution in [1.82, 2.24) is 9.88 Å². The Morgan fingerprint density at radius 3 is 2.43 bits per heavy atom. The molecule has 6 heteroatoms. The number of nitrogens with one attached hydrogen (secondary N) is 1. The van der Waals surface area contributed by atoms with Gasteiger partial charge in [0.15, 0.2) is 5.11 Å². The monoisotopic (exact) mass is 393 g/mol. The van der Waals surface area contributed by atoms with Crippen molar-refractivity contribution in [2.75, 3.05) is 4.90 Å². The summed E-state index contributed by atoms with van der Waals surface area (Å²) in [5.41, 5.74) is 6.08. The summed E-state index contributed by atoms with van der Waals surface area (Å²) in [6.07, 6.45) is 4.05. The molecule has 1 aromatic heterocycles. The van der Waals surface area contributed by atoms with Crippen molar-refractivity contribution in [1.29, 1.82) is 0 Å². The molecule has 144 valence electrons. The molecule has 2 amide bonds. The van der Waals surface area contributed by atoms with E-state index in [9.17, 15) is 9.59 Å². The number of aryl methyl sites for hydroxylation is 3. The van der Waals surface area contributed by atoms with E-state index in [1.165, 1.54) is 17.7 Å². The molecule has 0 unspecified atom stereocenters. The molecule has 0 radical (unpaired) electrons. The van der Waals surface area contributed by atoms with Crippen LogP contribution in [0, 0.1) is 27.7 Å². The Hall–Kier alpha value is -2.73. The Morgan fingerprint density at radius 2 is 1.79 bits per heavy atom. The van der Waals surface area contributed by atoms with Gasteiger partial charge in [0.2, 0.25) is 0 Å². The highest BCUT2D eigenvalue weighted by molar-refractivity contribution is 7.80. The number of hydrogen-bond donors (Lipinski definition) is 1. The standard InChI is InChI=1S/C22H23N3O2S/c1-12-5-6-18(9-13(12)2)25-21(27)19(20(26)23-22(25)28)11-16-10-14(3)24(15(16)4)17-7-8-17/h5-6,9-11,17H,7-8H2,1-4H3,(H,23,26,28)/b19-11+. The Morgan fingerprint density at radius 1 is 1.07 bits per heavy atom. The van der Waals surface area contributed by atoms with E-state index in [1.807, 2.05) is 45.0 Å². The van der Waals surface area contributed by atoms with E-state index in [0.717, 1.165) is 28.1 Å². The van der Waals surface area contributed by atoms with Crippen molar-refractivity contribution in [3.63, 3.8) is 0 Å². The van der Waals surface area contributed by atoms with Gasteiger partial charge in [0.05, 0.1) is 5.69 Å². The molecule has 0 spiro atoms. The first-order chi connectivity index (χ1) is 13.3. The van der Waals surface area contributed by atoms with Crippen LogP contribution in [0.25, 0.3) is 6.08 Å². The molecule has 2 heterocycles. The molecule has 28 heavy (non-hydrogen) atoms. The molecule has 1 aromatic carbocycles. The summed E-state index contributed by atoms with van der Waals surface area (Å²) in [7, 11) is 0. The van der Waals surface area contributed by atoms with Gasteiger partial charge >= 0.3 is 0 Å². The molecular formula is C22H23N3O2S. The van der Waals surface area contributed by atoms with E-state index in [1.54, 1.807) is 6.08 Å². The van der Waals surface area contributed by atoms with Crippen LogP contribution < -0.4 is 10.2 Å². The van der Waals surface area contributed by atoms with Crippen molar-refractivity contribution in [3.05, 3.63) is 57.9 Å². The van der Waals surface area contributed by atoms with Gasteiger partial charge in [-0.15, -0.1) is 0 Å². The number of amides is 2. The van der Waals surface area contributed by atoms with Gasteiger partial charge in [0, 0.05) is 17.4 Å². The molecule has 1 aliphatic carbocycles. The van der Waals surface area contributed by atoms with Crippen molar-refractivity contribution in [3.8, 4) is 0 Å². The van der Waals surface area contributed by atoms with Crippen molar-refractivity contribution in [2.45, 2.75) is 46.6 Å². The van der Waals surface area contributed by atoms with Gasteiger partial charge in [-0.05, 0) is 93.7 Å². The number of thiocarbonyl (C=S) groups is 1. The van der Waals surface area contributed by atoms with Crippen LogP contribution in [0.2, 0.25) is 0 Å². The Kier molecular flexibility index (Phi) is 4.46. The summed E-state index contributed by atoms with van der Waals surface area (Å²) in [5, 5.41) is 2.77. The van der Waals surface area contributed by atoms with E-state index in [-0.39, 0.29) is 10.7 Å². The second kappa shape index (κ2) is 6.71. The zero-order chi connectivity index (χ0) is 20.2. The normalized spacial score (nSPS) is 18.8. The number of hydrogen-bond acceptors (Lipinski definition) is 3. The number of anilines is 1. The fourth-order valence-corrected chi connectivity index (χ4v) is 4.04. The molecule has 2 aliphatic rings. The second-order valence-corrected chi connectivity index (χ2v) is 8.04. The van der Waals surface area contributed by atoms with Crippen LogP contribution in [0.15, 0.2) is 29.8 Å². The molecule has 1 aliphatic heterocycles. The first-order valence-electron chi connectivity index (χ1n) is 9.45. The lowest BCUT2D eigenvalue weighted by molar-refractivity contribution is -0.122. The average molecular weight is 394 g/mol. The van der Waals surface area contributed by atoms with Crippen molar-refractivity contribution < 1.29 is 9.59 Å². The number of nitrogens with zero attached hydrogens (tertiary/aromatic N) is 2. The first kappa shape index (κ1) is 18.6. The van der Waals surface area contributed by atoms with E-state index < -0.39 is 11.8 Å². The smallest absolute Gasteiger partial charge is 0.270 e. The van der Waals surface area contributed by atoms with Gasteiger partial charge in [-0.3, -0.25) is 19.8 Å². The lowest BCUT2D eigenvalue weighted by Gasteiger charge is -2.29. The Labute approximate surface area is 170 Å². The van der Waals surface area contributed by atoms with E-state index in [0.29, 0.717) is 11.7 Å². The highest BCUT2D eigenvalue weighted by Crippen LogP contribution is 2.38. The number of aromatic nitrogens is 1. The molecular weight excluding hydrogens is 370 g/mol. The molecule has 0 bridgehead atoms. The number of carbonyl (C=O) groups excluding carboxylic acids is 2. The Bertz CT molecular complexity index is 1060. The second-order valence-electron chi connectivity index (χ2n) is 7.65. The Balaban J connectivity index is 1.75. The number of carbonyl (C=O) groups is 2. The molecule has 4 rings (SSSR count). The predicted octanol–water partition coefficient (Wildman–Crippen LogP) is 3.89. The lowest BCUT2D eigenvalue weighted by Crippen LogP contribution is -2.54. The molecule has 5 nitrogen and oxygen atoms in total. The van der Waals surface area contributed by atoms with E-state index in [2.05, 4.69) is 16.8 Å². The van der Waals surface area contributed by atoms with Crippen LogP contribution in [-0.2, 0) is 9.59 Å². The first-order valence-corrected chi connectivity index (χ1v) is 9.86. The maximum Gasteiger partial charge on any atom is 0.270 e. The van der Waals surface area contributed by atoms with Gasteiger partial charge in [-0.25, -0.2) is 0 Å². The fourth-order valence-electron chi connectivity index (χ4n) is 3.76. The van der Waals surface area contributed by atoms with Crippen LogP contribution in [0.3, 0.4) is 0 Å².